The second-order valence-corrected chi connectivity index (χ2v) is 7.24. The molecule has 0 aliphatic carbocycles. The standard InChI is InChI=1S/C21H24BN5O2/c1-3-18-20(23-13-15-8-5-4-6-9-15)24-21(26-25-18)27-14(2)12-16-17(22(28)29)10-7-11-19(16)27/h4-11,14,28-29H,3,12-13H2,1-2H3,(H,23,24,26). The van der Waals surface area contributed by atoms with Crippen molar-refractivity contribution in [2.24, 2.45) is 0 Å². The van der Waals surface area contributed by atoms with Crippen LogP contribution in [-0.2, 0) is 19.4 Å². The van der Waals surface area contributed by atoms with E-state index in [1.165, 1.54) is 0 Å². The molecular weight excluding hydrogens is 365 g/mol. The second kappa shape index (κ2) is 8.18. The van der Waals surface area contributed by atoms with E-state index in [0.29, 0.717) is 24.4 Å². The number of anilines is 3. The average molecular weight is 389 g/mol. The zero-order chi connectivity index (χ0) is 20.4. The van der Waals surface area contributed by atoms with E-state index in [9.17, 15) is 10.0 Å². The molecule has 0 fully saturated rings. The number of aromatic nitrogens is 3. The molecule has 4 rings (SSSR count). The molecule has 1 aromatic heterocycles. The highest BCUT2D eigenvalue weighted by Crippen LogP contribution is 2.36. The molecule has 148 valence electrons. The van der Waals surface area contributed by atoms with Crippen molar-refractivity contribution in [1.82, 2.24) is 15.2 Å². The first-order chi connectivity index (χ1) is 14.1. The molecule has 2 aromatic carbocycles. The molecule has 0 amide bonds. The maximum Gasteiger partial charge on any atom is 0.488 e. The van der Waals surface area contributed by atoms with Crippen molar-refractivity contribution in [1.29, 1.82) is 0 Å². The second-order valence-electron chi connectivity index (χ2n) is 7.24. The van der Waals surface area contributed by atoms with Crippen LogP contribution >= 0.6 is 0 Å². The Balaban J connectivity index is 1.67. The topological polar surface area (TPSA) is 94.4 Å². The summed E-state index contributed by atoms with van der Waals surface area (Å²) in [5.74, 6) is 1.23. The zero-order valence-electron chi connectivity index (χ0n) is 16.6. The lowest BCUT2D eigenvalue weighted by atomic mass is 9.76. The summed E-state index contributed by atoms with van der Waals surface area (Å²) in [4.78, 5) is 6.80. The predicted molar refractivity (Wildman–Crippen MR) is 115 cm³/mol. The SMILES string of the molecule is CCc1nnc(N2c3cccc(B(O)O)c3CC2C)nc1NCc1ccccc1. The van der Waals surface area contributed by atoms with Crippen molar-refractivity contribution in [3.8, 4) is 0 Å². The third-order valence-electron chi connectivity index (χ3n) is 5.26. The number of benzene rings is 2. The lowest BCUT2D eigenvalue weighted by Gasteiger charge is -2.23. The zero-order valence-corrected chi connectivity index (χ0v) is 16.6. The van der Waals surface area contributed by atoms with E-state index in [2.05, 4.69) is 34.6 Å². The average Bonchev–Trinajstić information content (AvgIpc) is 3.08. The summed E-state index contributed by atoms with van der Waals surface area (Å²) >= 11 is 0. The summed E-state index contributed by atoms with van der Waals surface area (Å²) < 4.78 is 0. The van der Waals surface area contributed by atoms with Crippen LogP contribution in [0, 0.1) is 0 Å². The predicted octanol–water partition coefficient (Wildman–Crippen LogP) is 1.81. The van der Waals surface area contributed by atoms with Gasteiger partial charge in [0.25, 0.3) is 5.95 Å². The van der Waals surface area contributed by atoms with Crippen molar-refractivity contribution in [3.63, 3.8) is 0 Å². The largest absolute Gasteiger partial charge is 0.488 e. The van der Waals surface area contributed by atoms with E-state index in [-0.39, 0.29) is 6.04 Å². The van der Waals surface area contributed by atoms with Crippen LogP contribution in [0.2, 0.25) is 0 Å². The maximum atomic E-state index is 9.71. The number of aryl methyl sites for hydroxylation is 1. The Kier molecular flexibility index (Phi) is 5.46. The van der Waals surface area contributed by atoms with E-state index >= 15 is 0 Å². The van der Waals surface area contributed by atoms with Gasteiger partial charge in [-0.15, -0.1) is 10.2 Å². The van der Waals surface area contributed by atoms with Crippen molar-refractivity contribution < 1.29 is 10.0 Å². The summed E-state index contributed by atoms with van der Waals surface area (Å²) in [5, 5.41) is 31.6. The molecule has 3 aromatic rings. The Labute approximate surface area is 170 Å². The van der Waals surface area contributed by atoms with Gasteiger partial charge in [0.1, 0.15) is 5.69 Å². The summed E-state index contributed by atoms with van der Waals surface area (Å²) in [5.41, 5.74) is 4.31. The highest BCUT2D eigenvalue weighted by molar-refractivity contribution is 6.59. The molecule has 7 nitrogen and oxygen atoms in total. The summed E-state index contributed by atoms with van der Waals surface area (Å²) in [7, 11) is -1.50. The van der Waals surface area contributed by atoms with Gasteiger partial charge < -0.3 is 20.3 Å². The minimum absolute atomic E-state index is 0.0844. The van der Waals surface area contributed by atoms with Gasteiger partial charge in [-0.25, -0.2) is 0 Å². The highest BCUT2D eigenvalue weighted by atomic mass is 16.4. The highest BCUT2D eigenvalue weighted by Gasteiger charge is 2.33. The number of rotatable bonds is 6. The van der Waals surface area contributed by atoms with Gasteiger partial charge >= 0.3 is 7.12 Å². The minimum Gasteiger partial charge on any atom is -0.423 e. The Hall–Kier alpha value is -2.97. The molecule has 0 saturated heterocycles. The molecule has 0 saturated carbocycles. The molecule has 0 bridgehead atoms. The van der Waals surface area contributed by atoms with E-state index in [4.69, 9.17) is 4.98 Å². The molecule has 2 heterocycles. The van der Waals surface area contributed by atoms with Gasteiger partial charge in [-0.2, -0.15) is 4.98 Å². The van der Waals surface area contributed by atoms with Gasteiger partial charge in [0.2, 0.25) is 0 Å². The first-order valence-corrected chi connectivity index (χ1v) is 9.87. The van der Waals surface area contributed by atoms with Gasteiger partial charge in [-0.3, -0.25) is 0 Å². The van der Waals surface area contributed by atoms with E-state index in [1.54, 1.807) is 6.07 Å². The molecular formula is C21H24BN5O2. The van der Waals surface area contributed by atoms with Crippen LogP contribution in [0.5, 0.6) is 0 Å². The van der Waals surface area contributed by atoms with Crippen LogP contribution in [-0.4, -0.2) is 38.4 Å². The van der Waals surface area contributed by atoms with Gasteiger partial charge in [0, 0.05) is 18.3 Å². The van der Waals surface area contributed by atoms with E-state index in [0.717, 1.165) is 34.7 Å². The van der Waals surface area contributed by atoms with Crippen LogP contribution in [0.3, 0.4) is 0 Å². The summed E-state index contributed by atoms with van der Waals surface area (Å²) in [6, 6.07) is 15.8. The number of nitrogens with one attached hydrogen (secondary N) is 1. The fourth-order valence-corrected chi connectivity index (χ4v) is 3.81. The first kappa shape index (κ1) is 19.4. The van der Waals surface area contributed by atoms with Gasteiger partial charge in [0.05, 0.1) is 0 Å². The van der Waals surface area contributed by atoms with Crippen molar-refractivity contribution in [3.05, 3.63) is 65.4 Å². The molecule has 1 atom stereocenters. The minimum atomic E-state index is -1.50. The maximum absolute atomic E-state index is 9.71. The number of fused-ring (bicyclic) bond motifs is 1. The van der Waals surface area contributed by atoms with Crippen LogP contribution in [0.25, 0.3) is 0 Å². The Morgan fingerprint density at radius 2 is 1.90 bits per heavy atom. The molecule has 29 heavy (non-hydrogen) atoms. The molecule has 0 spiro atoms. The lowest BCUT2D eigenvalue weighted by molar-refractivity contribution is 0.425. The van der Waals surface area contributed by atoms with Crippen molar-refractivity contribution in [2.75, 3.05) is 10.2 Å². The summed E-state index contributed by atoms with van der Waals surface area (Å²) in [6.07, 6.45) is 1.42. The fourth-order valence-electron chi connectivity index (χ4n) is 3.81. The van der Waals surface area contributed by atoms with Crippen molar-refractivity contribution >= 4 is 30.0 Å². The Morgan fingerprint density at radius 1 is 1.10 bits per heavy atom. The monoisotopic (exact) mass is 389 g/mol. The Morgan fingerprint density at radius 3 is 2.62 bits per heavy atom. The van der Waals surface area contributed by atoms with Crippen LogP contribution in [0.4, 0.5) is 17.5 Å². The van der Waals surface area contributed by atoms with Crippen LogP contribution in [0.15, 0.2) is 48.5 Å². The van der Waals surface area contributed by atoms with Gasteiger partial charge in [0.15, 0.2) is 5.82 Å². The van der Waals surface area contributed by atoms with Crippen LogP contribution < -0.4 is 15.7 Å². The lowest BCUT2D eigenvalue weighted by Crippen LogP contribution is -2.32. The van der Waals surface area contributed by atoms with E-state index in [1.807, 2.05) is 42.2 Å². The van der Waals surface area contributed by atoms with Gasteiger partial charge in [-0.1, -0.05) is 49.4 Å². The smallest absolute Gasteiger partial charge is 0.423 e. The molecule has 0 radical (unpaired) electrons. The number of hydrogen-bond donors (Lipinski definition) is 3. The third-order valence-corrected chi connectivity index (χ3v) is 5.26. The first-order valence-electron chi connectivity index (χ1n) is 9.87. The van der Waals surface area contributed by atoms with Gasteiger partial charge in [-0.05, 0) is 42.4 Å². The molecule has 8 heteroatoms. The molecule has 1 unspecified atom stereocenters. The number of hydrogen-bond acceptors (Lipinski definition) is 7. The number of nitrogens with zero attached hydrogens (tertiary/aromatic N) is 4. The van der Waals surface area contributed by atoms with E-state index < -0.39 is 7.12 Å². The third kappa shape index (κ3) is 3.81. The van der Waals surface area contributed by atoms with Crippen molar-refractivity contribution in [2.45, 2.75) is 39.3 Å². The molecule has 3 N–H and O–H groups in total. The fraction of sp³-hybridized carbons (Fsp3) is 0.286. The summed E-state index contributed by atoms with van der Waals surface area (Å²) in [6.45, 7) is 4.75. The molecule has 1 aliphatic rings. The quantitative estimate of drug-likeness (QED) is 0.554. The normalized spacial score (nSPS) is 15.3. The van der Waals surface area contributed by atoms with Crippen LogP contribution in [0.1, 0.15) is 30.7 Å². The Bertz CT molecular complexity index is 1000. The molecule has 1 aliphatic heterocycles.